The van der Waals surface area contributed by atoms with Gasteiger partial charge in [-0.2, -0.15) is 5.10 Å². The maximum atomic E-state index is 13.0. The average molecular weight is 422 g/mol. The molecule has 0 aromatic carbocycles. The highest BCUT2D eigenvalue weighted by molar-refractivity contribution is 7.16. The quantitative estimate of drug-likeness (QED) is 0.712. The van der Waals surface area contributed by atoms with Gasteiger partial charge in [0, 0.05) is 41.9 Å². The second-order valence-corrected chi connectivity index (χ2v) is 10.3. The van der Waals surface area contributed by atoms with E-state index in [2.05, 4.69) is 6.07 Å². The minimum Gasteiger partial charge on any atom is -0.343 e. The van der Waals surface area contributed by atoms with Gasteiger partial charge in [-0.3, -0.25) is 9.59 Å². The standard InChI is InChI=1S/C21H28ClN3O2S/c1-14(26)24-11-9-15(10-12-24)18-13-16(5-6-17-7-8-19(22)28-17)25(23-18)20(27)21(2,3)4/h7-8,13,15H,5-6,9-12H2,1-4H3. The Morgan fingerprint density at radius 1 is 1.21 bits per heavy atom. The Bertz CT molecular complexity index is 857. The molecule has 152 valence electrons. The van der Waals surface area contributed by atoms with Crippen LogP contribution in [0.2, 0.25) is 4.34 Å². The fraction of sp³-hybridized carbons (Fsp3) is 0.571. The molecule has 0 spiro atoms. The first-order valence-corrected chi connectivity index (χ1v) is 11.0. The van der Waals surface area contributed by atoms with Crippen molar-refractivity contribution in [1.82, 2.24) is 14.7 Å². The summed E-state index contributed by atoms with van der Waals surface area (Å²) in [6, 6.07) is 6.04. The van der Waals surface area contributed by atoms with E-state index in [0.29, 0.717) is 5.92 Å². The first-order valence-electron chi connectivity index (χ1n) is 9.78. The van der Waals surface area contributed by atoms with Crippen molar-refractivity contribution in [2.45, 2.75) is 59.3 Å². The Morgan fingerprint density at radius 2 is 1.89 bits per heavy atom. The molecule has 3 rings (SSSR count). The van der Waals surface area contributed by atoms with Crippen LogP contribution < -0.4 is 0 Å². The van der Waals surface area contributed by atoms with Crippen molar-refractivity contribution in [3.8, 4) is 0 Å². The number of carbonyl (C=O) groups is 2. The van der Waals surface area contributed by atoms with Crippen molar-refractivity contribution < 1.29 is 9.59 Å². The molecule has 2 aromatic heterocycles. The summed E-state index contributed by atoms with van der Waals surface area (Å²) < 4.78 is 2.40. The van der Waals surface area contributed by atoms with Crippen LogP contribution in [0.5, 0.6) is 0 Å². The lowest BCUT2D eigenvalue weighted by molar-refractivity contribution is -0.129. The van der Waals surface area contributed by atoms with Gasteiger partial charge in [0.05, 0.1) is 10.0 Å². The van der Waals surface area contributed by atoms with Gasteiger partial charge in [-0.1, -0.05) is 32.4 Å². The van der Waals surface area contributed by atoms with Gasteiger partial charge in [0.25, 0.3) is 5.91 Å². The molecule has 1 saturated heterocycles. The van der Waals surface area contributed by atoms with E-state index in [1.165, 1.54) is 4.88 Å². The van der Waals surface area contributed by atoms with Gasteiger partial charge in [0.1, 0.15) is 0 Å². The number of nitrogens with zero attached hydrogens (tertiary/aromatic N) is 3. The number of aromatic nitrogens is 2. The topological polar surface area (TPSA) is 55.2 Å². The molecule has 2 aromatic rings. The molecule has 28 heavy (non-hydrogen) atoms. The molecule has 1 aliphatic rings. The number of hydrogen-bond donors (Lipinski definition) is 0. The Hall–Kier alpha value is -1.66. The molecule has 1 amide bonds. The Kier molecular flexibility index (Phi) is 6.30. The number of aryl methyl sites for hydroxylation is 2. The summed E-state index contributed by atoms with van der Waals surface area (Å²) in [6.07, 6.45) is 3.36. The van der Waals surface area contributed by atoms with Crippen LogP contribution in [0.3, 0.4) is 0 Å². The van der Waals surface area contributed by atoms with E-state index < -0.39 is 5.41 Å². The van der Waals surface area contributed by atoms with E-state index in [0.717, 1.165) is 54.5 Å². The minimum absolute atomic E-state index is 0.0131. The summed E-state index contributed by atoms with van der Waals surface area (Å²) in [4.78, 5) is 27.6. The number of rotatable bonds is 4. The molecule has 1 fully saturated rings. The normalized spacial score (nSPS) is 15.8. The smallest absolute Gasteiger partial charge is 0.252 e. The number of hydrogen-bond acceptors (Lipinski definition) is 4. The van der Waals surface area contributed by atoms with Crippen molar-refractivity contribution in [3.63, 3.8) is 0 Å². The summed E-state index contributed by atoms with van der Waals surface area (Å²) in [5, 5.41) is 4.73. The van der Waals surface area contributed by atoms with Gasteiger partial charge in [-0.05, 0) is 43.9 Å². The predicted octanol–water partition coefficient (Wildman–Crippen LogP) is 4.80. The van der Waals surface area contributed by atoms with Crippen LogP contribution in [-0.2, 0) is 17.6 Å². The molecule has 0 atom stereocenters. The minimum atomic E-state index is -0.498. The fourth-order valence-corrected chi connectivity index (χ4v) is 4.63. The number of likely N-dealkylation sites (tertiary alicyclic amines) is 1. The Balaban J connectivity index is 1.81. The van der Waals surface area contributed by atoms with Crippen LogP contribution in [0.1, 0.15) is 67.5 Å². The summed E-state index contributed by atoms with van der Waals surface area (Å²) in [5.41, 5.74) is 1.43. The van der Waals surface area contributed by atoms with E-state index in [4.69, 9.17) is 16.7 Å². The van der Waals surface area contributed by atoms with Gasteiger partial charge in [-0.25, -0.2) is 4.68 Å². The van der Waals surface area contributed by atoms with Crippen molar-refractivity contribution in [2.75, 3.05) is 13.1 Å². The maximum Gasteiger partial charge on any atom is 0.252 e. The summed E-state index contributed by atoms with van der Waals surface area (Å²) in [7, 11) is 0. The zero-order valence-corrected chi connectivity index (χ0v) is 18.6. The Morgan fingerprint density at radius 3 is 2.43 bits per heavy atom. The van der Waals surface area contributed by atoms with E-state index >= 15 is 0 Å². The van der Waals surface area contributed by atoms with E-state index in [1.807, 2.05) is 37.8 Å². The van der Waals surface area contributed by atoms with Gasteiger partial charge in [-0.15, -0.1) is 11.3 Å². The van der Waals surface area contributed by atoms with E-state index in [-0.39, 0.29) is 11.8 Å². The molecule has 1 aliphatic heterocycles. The molecule has 3 heterocycles. The number of halogens is 1. The van der Waals surface area contributed by atoms with Gasteiger partial charge in [0.15, 0.2) is 0 Å². The monoisotopic (exact) mass is 421 g/mol. The van der Waals surface area contributed by atoms with E-state index in [9.17, 15) is 9.59 Å². The molecular weight excluding hydrogens is 394 g/mol. The largest absolute Gasteiger partial charge is 0.343 e. The second kappa shape index (κ2) is 8.37. The molecule has 0 N–H and O–H groups in total. The van der Waals surface area contributed by atoms with Gasteiger partial charge >= 0.3 is 0 Å². The molecule has 0 bridgehead atoms. The lowest BCUT2D eigenvalue weighted by Crippen LogP contribution is -2.36. The van der Waals surface area contributed by atoms with Crippen LogP contribution in [0.4, 0.5) is 0 Å². The number of thiophene rings is 1. The average Bonchev–Trinajstić information content (AvgIpc) is 3.24. The maximum absolute atomic E-state index is 13.0. The van der Waals surface area contributed by atoms with E-state index in [1.54, 1.807) is 22.9 Å². The number of piperidine rings is 1. The SMILES string of the molecule is CC(=O)N1CCC(c2cc(CCc3ccc(Cl)s3)n(C(=O)C(C)(C)C)n2)CC1. The van der Waals surface area contributed by atoms with Crippen molar-refractivity contribution in [3.05, 3.63) is 38.8 Å². The lowest BCUT2D eigenvalue weighted by Gasteiger charge is -2.30. The molecule has 0 radical (unpaired) electrons. The van der Waals surface area contributed by atoms with Crippen LogP contribution in [0, 0.1) is 5.41 Å². The van der Waals surface area contributed by atoms with Crippen LogP contribution in [0.25, 0.3) is 0 Å². The molecule has 0 aliphatic carbocycles. The zero-order chi connectivity index (χ0) is 20.5. The highest BCUT2D eigenvalue weighted by Gasteiger charge is 2.29. The number of carbonyl (C=O) groups excluding carboxylic acids is 2. The summed E-state index contributed by atoms with van der Waals surface area (Å²) in [6.45, 7) is 8.89. The predicted molar refractivity (Wildman–Crippen MR) is 113 cm³/mol. The first-order chi connectivity index (χ1) is 13.1. The zero-order valence-electron chi connectivity index (χ0n) is 17.0. The third-order valence-electron chi connectivity index (χ3n) is 5.25. The lowest BCUT2D eigenvalue weighted by atomic mass is 9.93. The fourth-order valence-electron chi connectivity index (χ4n) is 3.54. The van der Waals surface area contributed by atoms with Crippen molar-refractivity contribution >= 4 is 34.8 Å². The second-order valence-electron chi connectivity index (χ2n) is 8.51. The van der Waals surface area contributed by atoms with Gasteiger partial charge in [0.2, 0.25) is 5.91 Å². The van der Waals surface area contributed by atoms with Crippen molar-refractivity contribution in [1.29, 1.82) is 0 Å². The Labute approximate surface area is 175 Å². The van der Waals surface area contributed by atoms with Crippen LogP contribution in [0.15, 0.2) is 18.2 Å². The molecule has 7 heteroatoms. The van der Waals surface area contributed by atoms with Crippen molar-refractivity contribution in [2.24, 2.45) is 5.41 Å². The summed E-state index contributed by atoms with van der Waals surface area (Å²) >= 11 is 7.62. The van der Waals surface area contributed by atoms with Crippen LogP contribution in [-0.4, -0.2) is 39.6 Å². The molecular formula is C21H28ClN3O2S. The molecule has 5 nitrogen and oxygen atoms in total. The van der Waals surface area contributed by atoms with Crippen LogP contribution >= 0.6 is 22.9 Å². The number of amides is 1. The highest BCUT2D eigenvalue weighted by Crippen LogP contribution is 2.30. The van der Waals surface area contributed by atoms with Gasteiger partial charge < -0.3 is 4.90 Å². The summed E-state index contributed by atoms with van der Waals surface area (Å²) in [5.74, 6) is 0.431. The molecule has 0 unspecified atom stereocenters. The highest BCUT2D eigenvalue weighted by atomic mass is 35.5. The third-order valence-corrected chi connectivity index (χ3v) is 6.54. The first kappa shape index (κ1) is 21.1. The third kappa shape index (κ3) is 4.84. The molecule has 0 saturated carbocycles.